The molecule has 0 unspecified atom stereocenters. The summed E-state index contributed by atoms with van der Waals surface area (Å²) in [7, 11) is 0. The van der Waals surface area contributed by atoms with Gasteiger partial charge in [0, 0.05) is 32.9 Å². The lowest BCUT2D eigenvalue weighted by Gasteiger charge is -2.37. The molecule has 2 saturated heterocycles. The van der Waals surface area contributed by atoms with Crippen LogP contribution in [0.5, 0.6) is 0 Å². The molecular weight excluding hydrogens is 354 g/mol. The zero-order valence-electron chi connectivity index (χ0n) is 14.6. The molecule has 2 aromatic rings. The minimum Gasteiger partial charge on any atom is -0.347 e. The number of fused-ring (bicyclic) bond motifs is 1. The number of rotatable bonds is 3. The van der Waals surface area contributed by atoms with Crippen LogP contribution in [-0.2, 0) is 25.5 Å². The SMILES string of the molecule is CC(=O)Nc1nc2ccc(CC(=O)N3CCC4(CC3)OCCO4)cc2s1. The van der Waals surface area contributed by atoms with E-state index in [1.807, 2.05) is 23.1 Å². The number of carbonyl (C=O) groups excluding carboxylic acids is 2. The normalized spacial score (nSPS) is 19.2. The number of aromatic nitrogens is 1. The van der Waals surface area contributed by atoms with E-state index in [4.69, 9.17) is 9.47 Å². The molecule has 0 atom stereocenters. The Balaban J connectivity index is 1.40. The molecule has 0 aliphatic carbocycles. The minimum atomic E-state index is -0.460. The summed E-state index contributed by atoms with van der Waals surface area (Å²) in [5.74, 6) is -0.486. The summed E-state index contributed by atoms with van der Waals surface area (Å²) >= 11 is 1.41. The molecule has 8 heteroatoms. The van der Waals surface area contributed by atoms with Crippen LogP contribution >= 0.6 is 11.3 Å². The van der Waals surface area contributed by atoms with Gasteiger partial charge in [0.15, 0.2) is 10.9 Å². The summed E-state index contributed by atoms with van der Waals surface area (Å²) in [4.78, 5) is 30.0. The van der Waals surface area contributed by atoms with Crippen LogP contribution in [0.2, 0.25) is 0 Å². The van der Waals surface area contributed by atoms with Crippen LogP contribution in [0.15, 0.2) is 18.2 Å². The molecule has 0 radical (unpaired) electrons. The fourth-order valence-corrected chi connectivity index (χ4v) is 4.43. The van der Waals surface area contributed by atoms with Crippen LogP contribution in [0.1, 0.15) is 25.3 Å². The Morgan fingerprint density at radius 2 is 2.00 bits per heavy atom. The summed E-state index contributed by atoms with van der Waals surface area (Å²) < 4.78 is 12.4. The number of carbonyl (C=O) groups is 2. The first-order valence-electron chi connectivity index (χ1n) is 8.76. The monoisotopic (exact) mass is 375 g/mol. The van der Waals surface area contributed by atoms with E-state index >= 15 is 0 Å². The highest BCUT2D eigenvalue weighted by atomic mass is 32.1. The predicted molar refractivity (Wildman–Crippen MR) is 98.1 cm³/mol. The first-order chi connectivity index (χ1) is 12.5. The number of likely N-dealkylation sites (tertiary alicyclic amines) is 1. The lowest BCUT2D eigenvalue weighted by Crippen LogP contribution is -2.47. The third-order valence-electron chi connectivity index (χ3n) is 4.78. The topological polar surface area (TPSA) is 80.8 Å². The van der Waals surface area contributed by atoms with Gasteiger partial charge in [-0.25, -0.2) is 4.98 Å². The Morgan fingerprint density at radius 3 is 2.69 bits per heavy atom. The highest BCUT2D eigenvalue weighted by Crippen LogP contribution is 2.32. The molecule has 0 bridgehead atoms. The second-order valence-corrected chi connectivity index (χ2v) is 7.70. The summed E-state index contributed by atoms with van der Waals surface area (Å²) in [5.41, 5.74) is 1.78. The van der Waals surface area contributed by atoms with Gasteiger partial charge in [-0.3, -0.25) is 9.59 Å². The van der Waals surface area contributed by atoms with Crippen molar-refractivity contribution >= 4 is 38.5 Å². The van der Waals surface area contributed by atoms with E-state index in [-0.39, 0.29) is 11.8 Å². The maximum Gasteiger partial charge on any atom is 0.226 e. The third kappa shape index (κ3) is 3.58. The van der Waals surface area contributed by atoms with Crippen molar-refractivity contribution in [2.24, 2.45) is 0 Å². The standard InChI is InChI=1S/C18H21N3O4S/c1-12(22)19-17-20-14-3-2-13(10-15(14)26-17)11-16(23)21-6-4-18(5-7-21)24-8-9-25-18/h2-3,10H,4-9,11H2,1H3,(H,19,20,22). The number of hydrogen-bond donors (Lipinski definition) is 1. The molecule has 2 aliphatic heterocycles. The number of ether oxygens (including phenoxy) is 2. The van der Waals surface area contributed by atoms with Gasteiger partial charge in [-0.1, -0.05) is 17.4 Å². The van der Waals surface area contributed by atoms with E-state index in [1.54, 1.807) is 0 Å². The van der Waals surface area contributed by atoms with E-state index in [9.17, 15) is 9.59 Å². The van der Waals surface area contributed by atoms with E-state index in [0.717, 1.165) is 28.6 Å². The molecule has 3 heterocycles. The molecule has 0 saturated carbocycles. The van der Waals surface area contributed by atoms with E-state index in [1.165, 1.54) is 18.3 Å². The molecule has 2 aliphatic rings. The summed E-state index contributed by atoms with van der Waals surface area (Å²) in [5, 5.41) is 3.28. The number of hydrogen-bond acceptors (Lipinski definition) is 6. The van der Waals surface area contributed by atoms with Crippen molar-refractivity contribution < 1.29 is 19.1 Å². The van der Waals surface area contributed by atoms with E-state index in [0.29, 0.717) is 37.9 Å². The number of nitrogens with zero attached hydrogens (tertiary/aromatic N) is 2. The highest BCUT2D eigenvalue weighted by Gasteiger charge is 2.40. The Kier molecular flexibility index (Phi) is 4.64. The Hall–Kier alpha value is -2.03. The van der Waals surface area contributed by atoms with Gasteiger partial charge < -0.3 is 19.7 Å². The van der Waals surface area contributed by atoms with Crippen LogP contribution in [0, 0.1) is 0 Å². The fraction of sp³-hybridized carbons (Fsp3) is 0.500. The predicted octanol–water partition coefficient (Wildman–Crippen LogP) is 2.16. The maximum absolute atomic E-state index is 12.6. The molecule has 1 aromatic carbocycles. The number of benzene rings is 1. The zero-order chi connectivity index (χ0) is 18.1. The molecule has 1 aromatic heterocycles. The molecule has 26 heavy (non-hydrogen) atoms. The maximum atomic E-state index is 12.6. The van der Waals surface area contributed by atoms with Crippen molar-refractivity contribution in [2.45, 2.75) is 32.0 Å². The highest BCUT2D eigenvalue weighted by molar-refractivity contribution is 7.22. The zero-order valence-corrected chi connectivity index (χ0v) is 15.4. The van der Waals surface area contributed by atoms with Gasteiger partial charge in [0.2, 0.25) is 11.8 Å². The molecule has 1 N–H and O–H groups in total. The van der Waals surface area contributed by atoms with Gasteiger partial charge in [0.05, 0.1) is 29.9 Å². The molecule has 1 spiro atoms. The molecule has 138 valence electrons. The average molecular weight is 375 g/mol. The molecule has 2 fully saturated rings. The van der Waals surface area contributed by atoms with Gasteiger partial charge in [-0.15, -0.1) is 0 Å². The van der Waals surface area contributed by atoms with Crippen molar-refractivity contribution in [1.29, 1.82) is 0 Å². The van der Waals surface area contributed by atoms with Gasteiger partial charge in [0.25, 0.3) is 0 Å². The number of anilines is 1. The molecule has 7 nitrogen and oxygen atoms in total. The fourth-order valence-electron chi connectivity index (χ4n) is 3.45. The van der Waals surface area contributed by atoms with E-state index in [2.05, 4.69) is 10.3 Å². The van der Waals surface area contributed by atoms with Crippen LogP contribution < -0.4 is 5.32 Å². The van der Waals surface area contributed by atoms with Gasteiger partial charge >= 0.3 is 0 Å². The van der Waals surface area contributed by atoms with Crippen molar-refractivity contribution in [1.82, 2.24) is 9.88 Å². The largest absolute Gasteiger partial charge is 0.347 e. The summed E-state index contributed by atoms with van der Waals surface area (Å²) in [6.07, 6.45) is 1.82. The lowest BCUT2D eigenvalue weighted by atomic mass is 10.0. The molecular formula is C18H21N3O4S. The number of thiazole rings is 1. The Morgan fingerprint density at radius 1 is 1.27 bits per heavy atom. The Labute approximate surface area is 155 Å². The third-order valence-corrected chi connectivity index (χ3v) is 5.72. The summed E-state index contributed by atoms with van der Waals surface area (Å²) in [6, 6.07) is 5.79. The quantitative estimate of drug-likeness (QED) is 0.889. The minimum absolute atomic E-state index is 0.115. The second-order valence-electron chi connectivity index (χ2n) is 6.67. The van der Waals surface area contributed by atoms with Crippen molar-refractivity contribution in [3.05, 3.63) is 23.8 Å². The van der Waals surface area contributed by atoms with Crippen molar-refractivity contribution in [3.63, 3.8) is 0 Å². The Bertz CT molecular complexity index is 834. The number of piperidine rings is 1. The van der Waals surface area contributed by atoms with Gasteiger partial charge in [0.1, 0.15) is 0 Å². The lowest BCUT2D eigenvalue weighted by molar-refractivity contribution is -0.187. The van der Waals surface area contributed by atoms with Gasteiger partial charge in [-0.2, -0.15) is 0 Å². The first-order valence-corrected chi connectivity index (χ1v) is 9.57. The second kappa shape index (κ2) is 6.94. The average Bonchev–Trinajstić information content (AvgIpc) is 3.21. The summed E-state index contributed by atoms with van der Waals surface area (Å²) in [6.45, 7) is 4.07. The van der Waals surface area contributed by atoms with Crippen molar-refractivity contribution in [3.8, 4) is 0 Å². The van der Waals surface area contributed by atoms with Crippen LogP contribution in [0.4, 0.5) is 5.13 Å². The van der Waals surface area contributed by atoms with Crippen LogP contribution in [-0.4, -0.2) is 53.8 Å². The molecule has 2 amide bonds. The smallest absolute Gasteiger partial charge is 0.226 e. The van der Waals surface area contributed by atoms with Crippen molar-refractivity contribution in [2.75, 3.05) is 31.6 Å². The molecule has 4 rings (SSSR count). The first kappa shape index (κ1) is 17.4. The number of nitrogens with one attached hydrogen (secondary N) is 1. The number of amides is 2. The van der Waals surface area contributed by atoms with E-state index < -0.39 is 5.79 Å². The van der Waals surface area contributed by atoms with Crippen LogP contribution in [0.25, 0.3) is 10.2 Å². The van der Waals surface area contributed by atoms with Crippen LogP contribution in [0.3, 0.4) is 0 Å². The van der Waals surface area contributed by atoms with Gasteiger partial charge in [-0.05, 0) is 17.7 Å².